The molecule has 2 nitrogen and oxygen atoms in total. The zero-order valence-corrected chi connectivity index (χ0v) is 11.3. The van der Waals surface area contributed by atoms with Crippen LogP contribution in [-0.4, -0.2) is 19.3 Å². The average Bonchev–Trinajstić information content (AvgIpc) is 2.42. The topological polar surface area (TPSA) is 35.2 Å². The van der Waals surface area contributed by atoms with Gasteiger partial charge >= 0.3 is 0 Å². The molecule has 1 aromatic carbocycles. The molecule has 0 aliphatic heterocycles. The molecule has 1 aromatic rings. The Bertz CT molecular complexity index is 332. The van der Waals surface area contributed by atoms with Gasteiger partial charge in [0.25, 0.3) is 0 Å². The summed E-state index contributed by atoms with van der Waals surface area (Å²) in [4.78, 5) is 0. The molecule has 18 heavy (non-hydrogen) atoms. The smallest absolute Gasteiger partial charge is 0.0753 e. The third-order valence-corrected chi connectivity index (χ3v) is 4.12. The summed E-state index contributed by atoms with van der Waals surface area (Å²) >= 11 is 0. The highest BCUT2D eigenvalue weighted by Crippen LogP contribution is 2.29. The predicted octanol–water partition coefficient (Wildman–Crippen LogP) is 3.15. The molecule has 2 atom stereocenters. The Kier molecular flexibility index (Phi) is 5.21. The van der Waals surface area contributed by atoms with Crippen molar-refractivity contribution in [2.45, 2.75) is 50.7 Å². The van der Waals surface area contributed by atoms with Crippen LogP contribution >= 0.6 is 0 Å². The lowest BCUT2D eigenvalue weighted by atomic mass is 9.81. The van der Waals surface area contributed by atoms with E-state index in [4.69, 9.17) is 10.5 Å². The van der Waals surface area contributed by atoms with Crippen molar-refractivity contribution >= 4 is 0 Å². The second kappa shape index (κ2) is 6.91. The molecule has 0 spiro atoms. The van der Waals surface area contributed by atoms with Gasteiger partial charge in [0.05, 0.1) is 6.10 Å². The van der Waals surface area contributed by atoms with Gasteiger partial charge < -0.3 is 10.5 Å². The van der Waals surface area contributed by atoms with Crippen LogP contribution in [0.5, 0.6) is 0 Å². The molecule has 0 bridgehead atoms. The van der Waals surface area contributed by atoms with E-state index in [2.05, 4.69) is 24.3 Å². The van der Waals surface area contributed by atoms with E-state index >= 15 is 0 Å². The van der Waals surface area contributed by atoms with Crippen LogP contribution in [0.15, 0.2) is 30.3 Å². The molecule has 2 unspecified atom stereocenters. The number of hydrogen-bond acceptors (Lipinski definition) is 2. The number of nitrogens with two attached hydrogens (primary N) is 1. The molecule has 1 aliphatic rings. The molecule has 1 aliphatic carbocycles. The fourth-order valence-electron chi connectivity index (χ4n) is 3.18. The van der Waals surface area contributed by atoms with E-state index in [9.17, 15) is 0 Å². The minimum atomic E-state index is 0.112. The summed E-state index contributed by atoms with van der Waals surface area (Å²) in [6, 6.07) is 10.6. The van der Waals surface area contributed by atoms with Gasteiger partial charge in [0.15, 0.2) is 0 Å². The maximum absolute atomic E-state index is 6.37. The Morgan fingerprint density at radius 3 is 2.44 bits per heavy atom. The minimum absolute atomic E-state index is 0.112. The van der Waals surface area contributed by atoms with Crippen molar-refractivity contribution in [2.24, 2.45) is 11.7 Å². The van der Waals surface area contributed by atoms with Crippen molar-refractivity contribution in [3.8, 4) is 0 Å². The van der Waals surface area contributed by atoms with Gasteiger partial charge in [-0.15, -0.1) is 0 Å². The minimum Gasteiger partial charge on any atom is -0.380 e. The van der Waals surface area contributed by atoms with Crippen LogP contribution in [0.3, 0.4) is 0 Å². The summed E-state index contributed by atoms with van der Waals surface area (Å²) in [7, 11) is 1.81. The zero-order chi connectivity index (χ0) is 12.8. The van der Waals surface area contributed by atoms with Gasteiger partial charge in [-0.1, -0.05) is 49.6 Å². The van der Waals surface area contributed by atoms with Crippen LogP contribution in [0.1, 0.15) is 37.7 Å². The molecular weight excluding hydrogens is 222 g/mol. The predicted molar refractivity (Wildman–Crippen MR) is 75.5 cm³/mol. The largest absolute Gasteiger partial charge is 0.380 e. The van der Waals surface area contributed by atoms with Gasteiger partial charge in [0.1, 0.15) is 0 Å². The third-order valence-electron chi connectivity index (χ3n) is 4.12. The van der Waals surface area contributed by atoms with Crippen LogP contribution in [0, 0.1) is 5.92 Å². The van der Waals surface area contributed by atoms with Crippen molar-refractivity contribution in [1.82, 2.24) is 0 Å². The summed E-state index contributed by atoms with van der Waals surface area (Å²) in [5.74, 6) is 0.655. The normalized spacial score (nSPS) is 20.6. The lowest BCUT2D eigenvalue weighted by Crippen LogP contribution is -2.43. The first-order valence-electron chi connectivity index (χ1n) is 7.13. The Labute approximate surface area is 111 Å². The van der Waals surface area contributed by atoms with E-state index in [1.54, 1.807) is 0 Å². The van der Waals surface area contributed by atoms with Crippen LogP contribution in [-0.2, 0) is 11.2 Å². The lowest BCUT2D eigenvalue weighted by Gasteiger charge is -2.33. The molecule has 2 heteroatoms. The van der Waals surface area contributed by atoms with E-state index in [1.165, 1.54) is 37.7 Å². The van der Waals surface area contributed by atoms with E-state index in [0.717, 1.165) is 6.42 Å². The van der Waals surface area contributed by atoms with Gasteiger partial charge in [-0.05, 0) is 30.7 Å². The highest BCUT2D eigenvalue weighted by molar-refractivity contribution is 5.16. The standard InChI is InChI=1S/C16H25NO/c1-18-16(14-10-6-3-7-11-14)15(17)12-13-8-4-2-5-9-13/h2,4-5,8-9,14-16H,3,6-7,10-12,17H2,1H3. The monoisotopic (exact) mass is 247 g/mol. The Morgan fingerprint density at radius 2 is 1.83 bits per heavy atom. The summed E-state index contributed by atoms with van der Waals surface area (Å²) in [6.07, 6.45) is 7.73. The number of methoxy groups -OCH3 is 1. The molecule has 0 saturated heterocycles. The molecular formula is C16H25NO. The molecule has 1 fully saturated rings. The number of benzene rings is 1. The van der Waals surface area contributed by atoms with E-state index < -0.39 is 0 Å². The van der Waals surface area contributed by atoms with Crippen molar-refractivity contribution < 1.29 is 4.74 Å². The Hall–Kier alpha value is -0.860. The van der Waals surface area contributed by atoms with Gasteiger partial charge in [-0.3, -0.25) is 0 Å². The summed E-state index contributed by atoms with van der Waals surface area (Å²) in [5.41, 5.74) is 7.67. The fraction of sp³-hybridized carbons (Fsp3) is 0.625. The SMILES string of the molecule is COC(C(N)Cc1ccccc1)C1CCCCC1. The number of hydrogen-bond donors (Lipinski definition) is 1. The maximum Gasteiger partial charge on any atom is 0.0753 e. The van der Waals surface area contributed by atoms with Crippen LogP contribution in [0.2, 0.25) is 0 Å². The van der Waals surface area contributed by atoms with Gasteiger partial charge in [0, 0.05) is 13.2 Å². The molecule has 100 valence electrons. The Balaban J connectivity index is 1.94. The van der Waals surface area contributed by atoms with E-state index in [0.29, 0.717) is 5.92 Å². The second-order valence-corrected chi connectivity index (χ2v) is 5.45. The summed E-state index contributed by atoms with van der Waals surface area (Å²) in [6.45, 7) is 0. The summed E-state index contributed by atoms with van der Waals surface area (Å²) < 4.78 is 5.70. The number of ether oxygens (including phenoxy) is 1. The first-order valence-corrected chi connectivity index (χ1v) is 7.13. The third kappa shape index (κ3) is 3.56. The number of rotatable bonds is 5. The first-order chi connectivity index (χ1) is 8.81. The molecule has 2 N–H and O–H groups in total. The van der Waals surface area contributed by atoms with E-state index in [1.807, 2.05) is 13.2 Å². The van der Waals surface area contributed by atoms with Crippen molar-refractivity contribution in [3.05, 3.63) is 35.9 Å². The van der Waals surface area contributed by atoms with Crippen molar-refractivity contribution in [3.63, 3.8) is 0 Å². The molecule has 0 amide bonds. The van der Waals surface area contributed by atoms with E-state index in [-0.39, 0.29) is 12.1 Å². The van der Waals surface area contributed by atoms with Gasteiger partial charge in [0.2, 0.25) is 0 Å². The maximum atomic E-state index is 6.37. The molecule has 2 rings (SSSR count). The molecule has 0 heterocycles. The highest BCUT2D eigenvalue weighted by Gasteiger charge is 2.28. The Morgan fingerprint density at radius 1 is 1.17 bits per heavy atom. The van der Waals surface area contributed by atoms with Crippen LogP contribution in [0.4, 0.5) is 0 Å². The van der Waals surface area contributed by atoms with Gasteiger partial charge in [-0.25, -0.2) is 0 Å². The first kappa shape index (κ1) is 13.6. The summed E-state index contributed by atoms with van der Waals surface area (Å²) in [5, 5.41) is 0. The van der Waals surface area contributed by atoms with Crippen LogP contribution in [0.25, 0.3) is 0 Å². The van der Waals surface area contributed by atoms with Crippen LogP contribution < -0.4 is 5.73 Å². The highest BCUT2D eigenvalue weighted by atomic mass is 16.5. The molecule has 1 saturated carbocycles. The average molecular weight is 247 g/mol. The zero-order valence-electron chi connectivity index (χ0n) is 11.3. The van der Waals surface area contributed by atoms with Gasteiger partial charge in [-0.2, -0.15) is 0 Å². The van der Waals surface area contributed by atoms with Crippen molar-refractivity contribution in [2.75, 3.05) is 7.11 Å². The molecule has 0 radical (unpaired) electrons. The lowest BCUT2D eigenvalue weighted by molar-refractivity contribution is 0.0179. The van der Waals surface area contributed by atoms with Crippen molar-refractivity contribution in [1.29, 1.82) is 0 Å². The second-order valence-electron chi connectivity index (χ2n) is 5.45. The quantitative estimate of drug-likeness (QED) is 0.867. The molecule has 0 aromatic heterocycles. The fourth-order valence-corrected chi connectivity index (χ4v) is 3.18.